The third-order valence-corrected chi connectivity index (χ3v) is 3.69. The molecule has 1 aromatic heterocycles. The molecule has 0 amide bonds. The van der Waals surface area contributed by atoms with E-state index in [0.717, 1.165) is 17.1 Å². The number of rotatable bonds is 7. The van der Waals surface area contributed by atoms with Crippen LogP contribution in [0.25, 0.3) is 0 Å². The van der Waals surface area contributed by atoms with Crippen LogP contribution in [0.1, 0.15) is 21.7 Å². The van der Waals surface area contributed by atoms with E-state index in [1.54, 1.807) is 18.3 Å². The minimum atomic E-state index is -0.914. The van der Waals surface area contributed by atoms with Crippen LogP contribution in [0.3, 0.4) is 0 Å². The molecule has 0 fully saturated rings. The Kier molecular flexibility index (Phi) is 4.91. The van der Waals surface area contributed by atoms with Gasteiger partial charge in [-0.3, -0.25) is 0 Å². The van der Waals surface area contributed by atoms with E-state index in [9.17, 15) is 4.79 Å². The number of carbonyl (C=O) groups is 1. The third-order valence-electron chi connectivity index (χ3n) is 3.69. The summed E-state index contributed by atoms with van der Waals surface area (Å²) in [5.74, 6) is 0.871. The van der Waals surface area contributed by atoms with Crippen LogP contribution < -0.4 is 4.74 Å². The molecule has 1 N–H and O–H groups in total. The molecule has 0 aliphatic heterocycles. The van der Waals surface area contributed by atoms with E-state index in [1.165, 1.54) is 0 Å². The predicted molar refractivity (Wildman–Crippen MR) is 90.4 cm³/mol. The molecular formula is C19H18N2O3. The first-order valence-electron chi connectivity index (χ1n) is 7.72. The smallest absolute Gasteiger partial charge is 0.335 e. The molecule has 0 saturated heterocycles. The molecule has 3 aromatic rings. The van der Waals surface area contributed by atoms with Gasteiger partial charge in [0.1, 0.15) is 11.6 Å². The zero-order chi connectivity index (χ0) is 16.8. The van der Waals surface area contributed by atoms with Crippen LogP contribution >= 0.6 is 0 Å². The summed E-state index contributed by atoms with van der Waals surface area (Å²) in [4.78, 5) is 15.3. The highest BCUT2D eigenvalue weighted by atomic mass is 16.5. The Morgan fingerprint density at radius 3 is 2.54 bits per heavy atom. The second kappa shape index (κ2) is 7.46. The van der Waals surface area contributed by atoms with Crippen molar-refractivity contribution < 1.29 is 14.6 Å². The average molecular weight is 322 g/mol. The number of nitrogens with zero attached hydrogens (tertiary/aromatic N) is 2. The molecular weight excluding hydrogens is 304 g/mol. The number of ether oxygens (including phenoxy) is 1. The lowest BCUT2D eigenvalue weighted by Gasteiger charge is -2.09. The van der Waals surface area contributed by atoms with Crippen molar-refractivity contribution in [2.45, 2.75) is 13.0 Å². The summed E-state index contributed by atoms with van der Waals surface area (Å²) >= 11 is 0. The topological polar surface area (TPSA) is 64.3 Å². The van der Waals surface area contributed by atoms with Crippen LogP contribution in [0.15, 0.2) is 67.0 Å². The fourth-order valence-electron chi connectivity index (χ4n) is 2.44. The van der Waals surface area contributed by atoms with E-state index in [0.29, 0.717) is 25.1 Å². The maximum absolute atomic E-state index is 10.9. The first-order valence-corrected chi connectivity index (χ1v) is 7.72. The average Bonchev–Trinajstić information content (AvgIpc) is 3.03. The Balaban J connectivity index is 1.59. The summed E-state index contributed by atoms with van der Waals surface area (Å²) in [7, 11) is 0. The van der Waals surface area contributed by atoms with Gasteiger partial charge in [0.25, 0.3) is 0 Å². The van der Waals surface area contributed by atoms with Crippen molar-refractivity contribution in [1.29, 1.82) is 0 Å². The molecule has 0 aliphatic rings. The lowest BCUT2D eigenvalue weighted by molar-refractivity contribution is 0.0697. The number of imidazole rings is 1. The standard InChI is InChI=1S/C19H18N2O3/c22-19(23)16-8-6-15(7-9-16)14-21-12-11-20-18(21)10-13-24-17-4-2-1-3-5-17/h1-9,11-12H,10,13-14H2,(H,22,23). The number of hydrogen-bond donors (Lipinski definition) is 1. The molecule has 122 valence electrons. The van der Waals surface area contributed by atoms with Gasteiger partial charge in [0.15, 0.2) is 0 Å². The minimum absolute atomic E-state index is 0.292. The maximum atomic E-state index is 10.9. The summed E-state index contributed by atoms with van der Waals surface area (Å²) in [6, 6.07) is 16.6. The van der Waals surface area contributed by atoms with E-state index < -0.39 is 5.97 Å². The monoisotopic (exact) mass is 322 g/mol. The number of carboxylic acid groups (broad SMARTS) is 1. The van der Waals surface area contributed by atoms with Gasteiger partial charge in [0.05, 0.1) is 12.2 Å². The molecule has 1 heterocycles. The summed E-state index contributed by atoms with van der Waals surface area (Å²) in [6.45, 7) is 1.21. The molecule has 0 aliphatic carbocycles. The van der Waals surface area contributed by atoms with Crippen LogP contribution in [-0.2, 0) is 13.0 Å². The molecule has 0 atom stereocenters. The Morgan fingerprint density at radius 1 is 1.08 bits per heavy atom. The van der Waals surface area contributed by atoms with Gasteiger partial charge in [-0.2, -0.15) is 0 Å². The van der Waals surface area contributed by atoms with Crippen molar-refractivity contribution in [2.24, 2.45) is 0 Å². The van der Waals surface area contributed by atoms with Crippen LogP contribution in [0.5, 0.6) is 5.75 Å². The molecule has 24 heavy (non-hydrogen) atoms. The Hall–Kier alpha value is -3.08. The molecule has 0 saturated carbocycles. The molecule has 3 rings (SSSR count). The van der Waals surface area contributed by atoms with Crippen LogP contribution in [0.2, 0.25) is 0 Å². The summed E-state index contributed by atoms with van der Waals surface area (Å²) in [6.07, 6.45) is 4.39. The van der Waals surface area contributed by atoms with Gasteiger partial charge in [-0.15, -0.1) is 0 Å². The lowest BCUT2D eigenvalue weighted by atomic mass is 10.1. The minimum Gasteiger partial charge on any atom is -0.493 e. The number of para-hydroxylation sites is 1. The summed E-state index contributed by atoms with van der Waals surface area (Å²) in [5, 5.41) is 8.94. The van der Waals surface area contributed by atoms with Crippen molar-refractivity contribution in [1.82, 2.24) is 9.55 Å². The normalized spacial score (nSPS) is 10.5. The fraction of sp³-hybridized carbons (Fsp3) is 0.158. The molecule has 5 nitrogen and oxygen atoms in total. The Labute approximate surface area is 140 Å². The highest BCUT2D eigenvalue weighted by molar-refractivity contribution is 5.87. The van der Waals surface area contributed by atoms with Crippen molar-refractivity contribution in [2.75, 3.05) is 6.61 Å². The molecule has 0 radical (unpaired) electrons. The molecule has 0 bridgehead atoms. The van der Waals surface area contributed by atoms with E-state index >= 15 is 0 Å². The van der Waals surface area contributed by atoms with Crippen molar-refractivity contribution in [3.05, 3.63) is 83.9 Å². The fourth-order valence-corrected chi connectivity index (χ4v) is 2.44. The van der Waals surface area contributed by atoms with E-state index in [1.807, 2.05) is 53.2 Å². The number of aromatic nitrogens is 2. The second-order valence-electron chi connectivity index (χ2n) is 5.38. The maximum Gasteiger partial charge on any atom is 0.335 e. The first-order chi connectivity index (χ1) is 11.7. The zero-order valence-corrected chi connectivity index (χ0v) is 13.1. The molecule has 2 aromatic carbocycles. The van der Waals surface area contributed by atoms with Gasteiger partial charge in [-0.25, -0.2) is 9.78 Å². The highest BCUT2D eigenvalue weighted by Crippen LogP contribution is 2.11. The molecule has 0 unspecified atom stereocenters. The highest BCUT2D eigenvalue weighted by Gasteiger charge is 2.06. The largest absolute Gasteiger partial charge is 0.493 e. The quantitative estimate of drug-likeness (QED) is 0.725. The van der Waals surface area contributed by atoms with Gasteiger partial charge in [0, 0.05) is 25.4 Å². The van der Waals surface area contributed by atoms with Crippen molar-refractivity contribution >= 4 is 5.97 Å². The van der Waals surface area contributed by atoms with Crippen LogP contribution in [-0.4, -0.2) is 27.2 Å². The van der Waals surface area contributed by atoms with Crippen LogP contribution in [0.4, 0.5) is 0 Å². The number of hydrogen-bond acceptors (Lipinski definition) is 3. The summed E-state index contributed by atoms with van der Waals surface area (Å²) in [5.41, 5.74) is 1.32. The summed E-state index contributed by atoms with van der Waals surface area (Å²) < 4.78 is 7.75. The Bertz CT molecular complexity index is 795. The van der Waals surface area contributed by atoms with Crippen LogP contribution in [0, 0.1) is 0 Å². The van der Waals surface area contributed by atoms with Gasteiger partial charge < -0.3 is 14.4 Å². The number of aromatic carboxylic acids is 1. The van der Waals surface area contributed by atoms with Gasteiger partial charge in [-0.05, 0) is 29.8 Å². The zero-order valence-electron chi connectivity index (χ0n) is 13.1. The van der Waals surface area contributed by atoms with Crippen molar-refractivity contribution in [3.8, 4) is 5.75 Å². The van der Waals surface area contributed by atoms with Gasteiger partial charge in [-0.1, -0.05) is 30.3 Å². The van der Waals surface area contributed by atoms with Gasteiger partial charge in [0.2, 0.25) is 0 Å². The van der Waals surface area contributed by atoms with E-state index in [2.05, 4.69) is 4.98 Å². The molecule has 5 heteroatoms. The third kappa shape index (κ3) is 4.01. The van der Waals surface area contributed by atoms with E-state index in [-0.39, 0.29) is 0 Å². The lowest BCUT2D eigenvalue weighted by Crippen LogP contribution is -2.09. The van der Waals surface area contributed by atoms with Gasteiger partial charge >= 0.3 is 5.97 Å². The first kappa shape index (κ1) is 15.8. The van der Waals surface area contributed by atoms with E-state index in [4.69, 9.17) is 9.84 Å². The predicted octanol–water partition coefficient (Wildman–Crippen LogP) is 3.25. The Morgan fingerprint density at radius 2 is 1.83 bits per heavy atom. The molecule has 0 spiro atoms. The SMILES string of the molecule is O=C(O)c1ccc(Cn2ccnc2CCOc2ccccc2)cc1. The number of carboxylic acids is 1. The van der Waals surface area contributed by atoms with Crippen molar-refractivity contribution in [3.63, 3.8) is 0 Å². The number of benzene rings is 2. The second-order valence-corrected chi connectivity index (χ2v) is 5.38.